The maximum absolute atomic E-state index is 14.3. The molecule has 3 aromatic carbocycles. The highest BCUT2D eigenvalue weighted by Crippen LogP contribution is 2.54. The number of halogens is 2. The standard InChI is InChI=1S/C25H21F2N3O2S/c1-16-5-8-20(9-6-16)28-24(32)30-11-12-33-25(30)21-14-19(27)7-10-22(21)29(23(25)31)15-17-3-2-4-18(26)13-17/h2-10,13-14H,11-12,15H2,1H3,(H,28,32). The molecule has 0 saturated carbocycles. The summed E-state index contributed by atoms with van der Waals surface area (Å²) < 4.78 is 28.1. The number of anilines is 2. The molecule has 0 radical (unpaired) electrons. The summed E-state index contributed by atoms with van der Waals surface area (Å²) in [7, 11) is 0. The second kappa shape index (κ2) is 8.19. The van der Waals surface area contributed by atoms with Gasteiger partial charge in [0.15, 0.2) is 4.87 Å². The van der Waals surface area contributed by atoms with E-state index in [1.165, 1.54) is 45.8 Å². The van der Waals surface area contributed by atoms with Crippen LogP contribution in [0.3, 0.4) is 0 Å². The molecule has 1 fully saturated rings. The minimum Gasteiger partial charge on any atom is -0.308 e. The normalized spacial score (nSPS) is 19.3. The highest BCUT2D eigenvalue weighted by molar-refractivity contribution is 8.01. The van der Waals surface area contributed by atoms with Crippen LogP contribution in [0.25, 0.3) is 0 Å². The Balaban J connectivity index is 1.53. The van der Waals surface area contributed by atoms with E-state index in [1.54, 1.807) is 30.3 Å². The molecule has 8 heteroatoms. The molecule has 2 heterocycles. The third-order valence-electron chi connectivity index (χ3n) is 5.93. The van der Waals surface area contributed by atoms with Gasteiger partial charge in [-0.1, -0.05) is 29.8 Å². The Morgan fingerprint density at radius 1 is 1.06 bits per heavy atom. The molecule has 0 aliphatic carbocycles. The van der Waals surface area contributed by atoms with Gasteiger partial charge in [0.2, 0.25) is 0 Å². The van der Waals surface area contributed by atoms with Crippen molar-refractivity contribution in [2.75, 3.05) is 22.5 Å². The first kappa shape index (κ1) is 21.5. The number of benzene rings is 3. The van der Waals surface area contributed by atoms with Crippen molar-refractivity contribution in [1.29, 1.82) is 0 Å². The average Bonchev–Trinajstić information content (AvgIpc) is 3.33. The van der Waals surface area contributed by atoms with Gasteiger partial charge in [0.05, 0.1) is 12.2 Å². The predicted octanol–water partition coefficient (Wildman–Crippen LogP) is 5.25. The number of rotatable bonds is 3. The fraction of sp³-hybridized carbons (Fsp3) is 0.200. The summed E-state index contributed by atoms with van der Waals surface area (Å²) in [6.45, 7) is 2.40. The maximum Gasteiger partial charge on any atom is 0.323 e. The van der Waals surface area contributed by atoms with Crippen molar-refractivity contribution in [2.24, 2.45) is 0 Å². The number of hydrogen-bond donors (Lipinski definition) is 1. The van der Waals surface area contributed by atoms with Crippen LogP contribution in [0.2, 0.25) is 0 Å². The molecular formula is C25H21F2N3O2S. The van der Waals surface area contributed by atoms with E-state index in [0.29, 0.717) is 34.8 Å². The Hall–Kier alpha value is -3.39. The van der Waals surface area contributed by atoms with Crippen LogP contribution >= 0.6 is 11.8 Å². The fourth-order valence-electron chi connectivity index (χ4n) is 4.39. The van der Waals surface area contributed by atoms with Crippen molar-refractivity contribution in [3.8, 4) is 0 Å². The van der Waals surface area contributed by atoms with E-state index < -0.39 is 22.5 Å². The Morgan fingerprint density at radius 2 is 1.82 bits per heavy atom. The predicted molar refractivity (Wildman–Crippen MR) is 125 cm³/mol. The zero-order chi connectivity index (χ0) is 23.2. The first-order valence-corrected chi connectivity index (χ1v) is 11.5. The molecule has 168 valence electrons. The zero-order valence-electron chi connectivity index (χ0n) is 17.8. The van der Waals surface area contributed by atoms with Crippen LogP contribution < -0.4 is 10.2 Å². The number of thioether (sulfide) groups is 1. The summed E-state index contributed by atoms with van der Waals surface area (Å²) in [5.74, 6) is -0.701. The fourth-order valence-corrected chi connectivity index (χ4v) is 5.84. The summed E-state index contributed by atoms with van der Waals surface area (Å²) >= 11 is 1.31. The van der Waals surface area contributed by atoms with Gasteiger partial charge in [-0.05, 0) is 55.0 Å². The molecule has 1 unspecified atom stereocenters. The van der Waals surface area contributed by atoms with Gasteiger partial charge in [0, 0.05) is 23.5 Å². The molecule has 5 rings (SSSR count). The van der Waals surface area contributed by atoms with Crippen LogP contribution in [0.15, 0.2) is 66.7 Å². The van der Waals surface area contributed by atoms with Gasteiger partial charge < -0.3 is 10.2 Å². The van der Waals surface area contributed by atoms with E-state index in [0.717, 1.165) is 5.56 Å². The largest absolute Gasteiger partial charge is 0.323 e. The van der Waals surface area contributed by atoms with Crippen LogP contribution in [-0.4, -0.2) is 29.1 Å². The lowest BCUT2D eigenvalue weighted by Crippen LogP contribution is -2.51. The van der Waals surface area contributed by atoms with Crippen LogP contribution in [0.5, 0.6) is 0 Å². The van der Waals surface area contributed by atoms with E-state index >= 15 is 0 Å². The summed E-state index contributed by atoms with van der Waals surface area (Å²) in [4.78, 5) is 28.8. The lowest BCUT2D eigenvalue weighted by atomic mass is 10.1. The second-order valence-corrected chi connectivity index (χ2v) is 9.41. The number of hydrogen-bond acceptors (Lipinski definition) is 3. The molecule has 1 atom stereocenters. The van der Waals surface area contributed by atoms with Crippen molar-refractivity contribution in [3.63, 3.8) is 0 Å². The minimum atomic E-state index is -1.38. The quantitative estimate of drug-likeness (QED) is 0.575. The molecule has 33 heavy (non-hydrogen) atoms. The van der Waals surface area contributed by atoms with Crippen molar-refractivity contribution < 1.29 is 18.4 Å². The van der Waals surface area contributed by atoms with Gasteiger partial charge in [-0.2, -0.15) is 0 Å². The van der Waals surface area contributed by atoms with Crippen LogP contribution in [0.4, 0.5) is 25.0 Å². The third-order valence-corrected chi connectivity index (χ3v) is 7.35. The van der Waals surface area contributed by atoms with Crippen LogP contribution in [0.1, 0.15) is 16.7 Å². The number of nitrogens with zero attached hydrogens (tertiary/aromatic N) is 2. The Morgan fingerprint density at radius 3 is 2.58 bits per heavy atom. The van der Waals surface area contributed by atoms with Crippen molar-refractivity contribution >= 4 is 35.1 Å². The molecular weight excluding hydrogens is 444 g/mol. The van der Waals surface area contributed by atoms with Crippen molar-refractivity contribution in [3.05, 3.63) is 95.1 Å². The number of amides is 3. The van der Waals surface area contributed by atoms with E-state index in [-0.39, 0.29) is 12.5 Å². The van der Waals surface area contributed by atoms with E-state index in [1.807, 2.05) is 19.1 Å². The van der Waals surface area contributed by atoms with Crippen molar-refractivity contribution in [1.82, 2.24) is 4.90 Å². The summed E-state index contributed by atoms with van der Waals surface area (Å²) in [6.07, 6.45) is 0. The van der Waals surface area contributed by atoms with Gasteiger partial charge in [-0.3, -0.25) is 9.69 Å². The zero-order valence-corrected chi connectivity index (χ0v) is 18.7. The number of aryl methyl sites for hydroxylation is 1. The Kier molecular flexibility index (Phi) is 5.32. The molecule has 1 N–H and O–H groups in total. The topological polar surface area (TPSA) is 52.7 Å². The number of nitrogens with one attached hydrogen (secondary N) is 1. The molecule has 3 aromatic rings. The molecule has 2 aliphatic rings. The highest BCUT2D eigenvalue weighted by atomic mass is 32.2. The lowest BCUT2D eigenvalue weighted by Gasteiger charge is -2.33. The minimum absolute atomic E-state index is 0.116. The molecule has 1 spiro atoms. The molecule has 1 saturated heterocycles. The highest BCUT2D eigenvalue weighted by Gasteiger charge is 2.59. The Labute approximate surface area is 194 Å². The summed E-state index contributed by atoms with van der Waals surface area (Å²) in [6, 6.07) is 17.1. The average molecular weight is 466 g/mol. The second-order valence-electron chi connectivity index (χ2n) is 8.12. The maximum atomic E-state index is 14.3. The number of carbonyl (C=O) groups is 2. The summed E-state index contributed by atoms with van der Waals surface area (Å²) in [5.41, 5.74) is 3.23. The Bertz CT molecular complexity index is 1250. The first-order valence-electron chi connectivity index (χ1n) is 10.5. The van der Waals surface area contributed by atoms with E-state index in [2.05, 4.69) is 5.32 Å². The van der Waals surface area contributed by atoms with Crippen molar-refractivity contribution in [2.45, 2.75) is 18.3 Å². The summed E-state index contributed by atoms with van der Waals surface area (Å²) in [5, 5.41) is 2.86. The van der Waals surface area contributed by atoms with E-state index in [9.17, 15) is 18.4 Å². The van der Waals surface area contributed by atoms with Gasteiger partial charge in [0.25, 0.3) is 5.91 Å². The van der Waals surface area contributed by atoms with Gasteiger partial charge in [-0.15, -0.1) is 11.8 Å². The SMILES string of the molecule is Cc1ccc(NC(=O)N2CCSC23C(=O)N(Cc2cccc(F)c2)c2ccc(F)cc23)cc1. The first-order chi connectivity index (χ1) is 15.9. The van der Waals surface area contributed by atoms with Gasteiger partial charge in [-0.25, -0.2) is 13.6 Å². The molecule has 5 nitrogen and oxygen atoms in total. The monoisotopic (exact) mass is 465 g/mol. The molecule has 2 aliphatic heterocycles. The van der Waals surface area contributed by atoms with Gasteiger partial charge in [0.1, 0.15) is 11.6 Å². The van der Waals surface area contributed by atoms with Crippen LogP contribution in [0, 0.1) is 18.6 Å². The number of carbonyl (C=O) groups excluding carboxylic acids is 2. The lowest BCUT2D eigenvalue weighted by molar-refractivity contribution is -0.123. The third kappa shape index (κ3) is 3.64. The number of urea groups is 1. The van der Waals surface area contributed by atoms with E-state index in [4.69, 9.17) is 0 Å². The molecule has 0 aromatic heterocycles. The smallest absolute Gasteiger partial charge is 0.308 e. The van der Waals surface area contributed by atoms with Gasteiger partial charge >= 0.3 is 6.03 Å². The molecule has 0 bridgehead atoms. The number of fused-ring (bicyclic) bond motifs is 2. The molecule has 3 amide bonds. The van der Waals surface area contributed by atoms with Crippen LogP contribution in [-0.2, 0) is 16.2 Å².